The van der Waals surface area contributed by atoms with Crippen LogP contribution in [0.5, 0.6) is 0 Å². The number of carboxylic acids is 1. The van der Waals surface area contributed by atoms with E-state index in [1.54, 1.807) is 6.07 Å². The molecule has 3 aromatic rings. The van der Waals surface area contributed by atoms with Crippen LogP contribution in [0.2, 0.25) is 0 Å². The van der Waals surface area contributed by atoms with E-state index in [2.05, 4.69) is 10.1 Å². The molecule has 0 aliphatic heterocycles. The van der Waals surface area contributed by atoms with Crippen LogP contribution in [0.1, 0.15) is 0 Å². The summed E-state index contributed by atoms with van der Waals surface area (Å²) in [6, 6.07) is 13.9. The highest BCUT2D eigenvalue weighted by molar-refractivity contribution is 5.71. The van der Waals surface area contributed by atoms with Crippen LogP contribution in [0, 0.1) is 5.82 Å². The van der Waals surface area contributed by atoms with Crippen molar-refractivity contribution >= 4 is 5.97 Å². The van der Waals surface area contributed by atoms with E-state index in [4.69, 9.17) is 5.11 Å². The summed E-state index contributed by atoms with van der Waals surface area (Å²) in [6.45, 7) is -0.259. The monoisotopic (exact) mass is 297 g/mol. The normalized spacial score (nSPS) is 10.6. The summed E-state index contributed by atoms with van der Waals surface area (Å²) >= 11 is 0. The molecule has 0 aliphatic rings. The summed E-state index contributed by atoms with van der Waals surface area (Å²) in [7, 11) is 0. The second-order valence-electron chi connectivity index (χ2n) is 4.69. The quantitative estimate of drug-likeness (QED) is 0.804. The number of benzene rings is 1. The van der Waals surface area contributed by atoms with E-state index in [0.717, 1.165) is 11.8 Å². The fraction of sp³-hybridized carbons (Fsp3) is 0.0625. The average Bonchev–Trinajstić information content (AvgIpc) is 2.92. The largest absolute Gasteiger partial charge is 0.480 e. The second kappa shape index (κ2) is 5.77. The van der Waals surface area contributed by atoms with Gasteiger partial charge in [0.15, 0.2) is 0 Å². The third-order valence-corrected chi connectivity index (χ3v) is 3.12. The van der Waals surface area contributed by atoms with Crippen molar-refractivity contribution in [2.45, 2.75) is 6.54 Å². The summed E-state index contributed by atoms with van der Waals surface area (Å²) in [5.74, 6) is -1.42. The molecule has 110 valence electrons. The molecule has 0 amide bonds. The summed E-state index contributed by atoms with van der Waals surface area (Å²) in [6.07, 6.45) is 1.10. The molecule has 3 rings (SSSR count). The molecule has 0 radical (unpaired) electrons. The minimum atomic E-state index is -0.987. The van der Waals surface area contributed by atoms with Crippen LogP contribution >= 0.6 is 0 Å². The first-order valence-electron chi connectivity index (χ1n) is 6.60. The van der Waals surface area contributed by atoms with Crippen LogP contribution in [0.3, 0.4) is 0 Å². The van der Waals surface area contributed by atoms with Gasteiger partial charge in [0.1, 0.15) is 18.1 Å². The topological polar surface area (TPSA) is 68.0 Å². The smallest absolute Gasteiger partial charge is 0.325 e. The van der Waals surface area contributed by atoms with Crippen LogP contribution in [0.4, 0.5) is 4.39 Å². The fourth-order valence-corrected chi connectivity index (χ4v) is 2.16. The van der Waals surface area contributed by atoms with E-state index in [-0.39, 0.29) is 6.54 Å². The number of rotatable bonds is 4. The van der Waals surface area contributed by atoms with E-state index in [1.165, 1.54) is 16.8 Å². The summed E-state index contributed by atoms with van der Waals surface area (Å²) in [5.41, 5.74) is 2.51. The fourth-order valence-electron chi connectivity index (χ4n) is 2.16. The van der Waals surface area contributed by atoms with Gasteiger partial charge in [0.25, 0.3) is 0 Å². The first kappa shape index (κ1) is 13.9. The number of aliphatic carboxylic acids is 1. The zero-order chi connectivity index (χ0) is 15.5. The van der Waals surface area contributed by atoms with Gasteiger partial charge in [0.05, 0.1) is 17.6 Å². The molecule has 1 aromatic carbocycles. The summed E-state index contributed by atoms with van der Waals surface area (Å²) in [4.78, 5) is 15.0. The molecule has 0 unspecified atom stereocenters. The van der Waals surface area contributed by atoms with Gasteiger partial charge in [-0.2, -0.15) is 5.10 Å². The van der Waals surface area contributed by atoms with Gasteiger partial charge in [-0.15, -0.1) is 0 Å². The van der Waals surface area contributed by atoms with Crippen molar-refractivity contribution in [3.63, 3.8) is 0 Å². The second-order valence-corrected chi connectivity index (χ2v) is 4.69. The van der Waals surface area contributed by atoms with Crippen molar-refractivity contribution in [3.8, 4) is 22.6 Å². The zero-order valence-electron chi connectivity index (χ0n) is 11.5. The Labute approximate surface area is 125 Å². The van der Waals surface area contributed by atoms with Gasteiger partial charge >= 0.3 is 5.97 Å². The molecule has 1 N–H and O–H groups in total. The highest BCUT2D eigenvalue weighted by Gasteiger charge is 2.14. The third kappa shape index (κ3) is 2.85. The average molecular weight is 297 g/mol. The van der Waals surface area contributed by atoms with Crippen LogP contribution < -0.4 is 0 Å². The predicted octanol–water partition coefficient (Wildman–Crippen LogP) is 2.84. The molecule has 0 spiro atoms. The Bertz CT molecular complexity index is 798. The molecule has 2 heterocycles. The number of hydrogen-bond acceptors (Lipinski definition) is 3. The highest BCUT2D eigenvalue weighted by atomic mass is 19.1. The molecular weight excluding hydrogens is 285 g/mol. The molecule has 0 saturated carbocycles. The zero-order valence-corrected chi connectivity index (χ0v) is 11.5. The summed E-state index contributed by atoms with van der Waals surface area (Å²) in [5, 5.41) is 13.3. The number of nitrogens with zero attached hydrogens (tertiary/aromatic N) is 3. The van der Waals surface area contributed by atoms with Gasteiger partial charge < -0.3 is 5.11 Å². The molecule has 5 nitrogen and oxygen atoms in total. The maximum Gasteiger partial charge on any atom is 0.325 e. The van der Waals surface area contributed by atoms with Gasteiger partial charge in [0.2, 0.25) is 0 Å². The number of halogens is 1. The van der Waals surface area contributed by atoms with Crippen molar-refractivity contribution < 1.29 is 14.3 Å². The lowest BCUT2D eigenvalue weighted by Gasteiger charge is -2.04. The standard InChI is InChI=1S/C16H12FN3O2/c17-12-6-7-13(18-9-12)14-8-15(11-4-2-1-3-5-11)20(19-14)10-16(21)22/h1-9H,10H2,(H,21,22). The molecule has 0 fully saturated rings. The minimum Gasteiger partial charge on any atom is -0.480 e. The van der Waals surface area contributed by atoms with Gasteiger partial charge in [-0.25, -0.2) is 4.39 Å². The maximum atomic E-state index is 13.0. The lowest BCUT2D eigenvalue weighted by Crippen LogP contribution is -2.11. The third-order valence-electron chi connectivity index (χ3n) is 3.12. The molecule has 0 aliphatic carbocycles. The van der Waals surface area contributed by atoms with Gasteiger partial charge in [0, 0.05) is 0 Å². The Morgan fingerprint density at radius 3 is 2.55 bits per heavy atom. The van der Waals surface area contributed by atoms with E-state index < -0.39 is 11.8 Å². The van der Waals surface area contributed by atoms with Crippen molar-refractivity contribution in [3.05, 3.63) is 60.5 Å². The van der Waals surface area contributed by atoms with Crippen LogP contribution in [0.15, 0.2) is 54.7 Å². The van der Waals surface area contributed by atoms with Crippen molar-refractivity contribution in [2.75, 3.05) is 0 Å². The Kier molecular flexibility index (Phi) is 3.65. The Morgan fingerprint density at radius 1 is 1.14 bits per heavy atom. The number of carbonyl (C=O) groups is 1. The van der Waals surface area contributed by atoms with E-state index in [9.17, 15) is 9.18 Å². The molecular formula is C16H12FN3O2. The SMILES string of the molecule is O=C(O)Cn1nc(-c2ccc(F)cn2)cc1-c1ccccc1. The van der Waals surface area contributed by atoms with Crippen molar-refractivity contribution in [2.24, 2.45) is 0 Å². The number of aromatic nitrogens is 3. The minimum absolute atomic E-state index is 0.259. The molecule has 0 bridgehead atoms. The van der Waals surface area contributed by atoms with E-state index in [0.29, 0.717) is 17.1 Å². The molecule has 22 heavy (non-hydrogen) atoms. The molecule has 2 aromatic heterocycles. The number of carboxylic acid groups (broad SMARTS) is 1. The van der Waals surface area contributed by atoms with E-state index in [1.807, 2.05) is 30.3 Å². The molecule has 0 atom stereocenters. The van der Waals surface area contributed by atoms with Crippen LogP contribution in [-0.4, -0.2) is 25.8 Å². The summed E-state index contributed by atoms with van der Waals surface area (Å²) < 4.78 is 14.4. The first-order chi connectivity index (χ1) is 10.6. The van der Waals surface area contributed by atoms with Crippen LogP contribution in [-0.2, 0) is 11.3 Å². The molecule has 6 heteroatoms. The lowest BCUT2D eigenvalue weighted by molar-refractivity contribution is -0.137. The Morgan fingerprint density at radius 2 is 1.91 bits per heavy atom. The van der Waals surface area contributed by atoms with Gasteiger partial charge in [-0.1, -0.05) is 30.3 Å². The van der Waals surface area contributed by atoms with Crippen LogP contribution in [0.25, 0.3) is 22.6 Å². The number of hydrogen-bond donors (Lipinski definition) is 1. The van der Waals surface area contributed by atoms with Crippen molar-refractivity contribution in [1.82, 2.24) is 14.8 Å². The highest BCUT2D eigenvalue weighted by Crippen LogP contribution is 2.25. The maximum absolute atomic E-state index is 13.0. The molecule has 0 saturated heterocycles. The first-order valence-corrected chi connectivity index (χ1v) is 6.60. The Hall–Kier alpha value is -3.02. The Balaban J connectivity index is 2.08. The van der Waals surface area contributed by atoms with Gasteiger partial charge in [-0.05, 0) is 23.8 Å². The predicted molar refractivity (Wildman–Crippen MR) is 78.5 cm³/mol. The van der Waals surface area contributed by atoms with Gasteiger partial charge in [-0.3, -0.25) is 14.5 Å². The lowest BCUT2D eigenvalue weighted by atomic mass is 10.1. The van der Waals surface area contributed by atoms with Crippen molar-refractivity contribution in [1.29, 1.82) is 0 Å². The number of pyridine rings is 1. The van der Waals surface area contributed by atoms with E-state index >= 15 is 0 Å².